The fourth-order valence-electron chi connectivity index (χ4n) is 2.54. The summed E-state index contributed by atoms with van der Waals surface area (Å²) in [5.41, 5.74) is -0.795. The SMILES string of the molecule is C=CCn1c(=NC(=O)c2cccc(C(F)(F)F)c2)sc2ccc([N+](=O)[O-])cc21. The van der Waals surface area contributed by atoms with Crippen LogP contribution in [0.3, 0.4) is 0 Å². The Morgan fingerprint density at radius 3 is 2.68 bits per heavy atom. The minimum Gasteiger partial charge on any atom is -0.312 e. The molecule has 3 aromatic rings. The largest absolute Gasteiger partial charge is 0.416 e. The van der Waals surface area contributed by atoms with E-state index in [2.05, 4.69) is 11.6 Å². The van der Waals surface area contributed by atoms with Crippen LogP contribution < -0.4 is 4.80 Å². The Kier molecular flexibility index (Phi) is 5.14. The van der Waals surface area contributed by atoms with Gasteiger partial charge in [-0.3, -0.25) is 14.9 Å². The van der Waals surface area contributed by atoms with Crippen molar-refractivity contribution in [3.63, 3.8) is 0 Å². The Hall–Kier alpha value is -3.27. The first kappa shape index (κ1) is 19.5. The Bertz CT molecular complexity index is 1160. The van der Waals surface area contributed by atoms with Crippen LogP contribution in [0.4, 0.5) is 18.9 Å². The van der Waals surface area contributed by atoms with Gasteiger partial charge in [-0.1, -0.05) is 23.5 Å². The number of thiazole rings is 1. The van der Waals surface area contributed by atoms with Crippen molar-refractivity contribution >= 4 is 33.1 Å². The van der Waals surface area contributed by atoms with E-state index in [1.165, 1.54) is 30.3 Å². The second-order valence-electron chi connectivity index (χ2n) is 5.69. The summed E-state index contributed by atoms with van der Waals surface area (Å²) in [6.07, 6.45) is -3.05. The number of nitrogens with zero attached hydrogens (tertiary/aromatic N) is 3. The molecule has 10 heteroatoms. The molecular weight excluding hydrogens is 395 g/mol. The second kappa shape index (κ2) is 7.39. The average molecular weight is 407 g/mol. The summed E-state index contributed by atoms with van der Waals surface area (Å²) in [4.78, 5) is 27.0. The molecule has 0 bridgehead atoms. The van der Waals surface area contributed by atoms with E-state index in [1.807, 2.05) is 0 Å². The first-order chi connectivity index (χ1) is 13.2. The number of carbonyl (C=O) groups excluding carboxylic acids is 1. The van der Waals surface area contributed by atoms with Gasteiger partial charge >= 0.3 is 6.18 Å². The molecule has 144 valence electrons. The molecule has 0 radical (unpaired) electrons. The predicted molar refractivity (Wildman–Crippen MR) is 98.0 cm³/mol. The number of alkyl halides is 3. The zero-order valence-corrected chi connectivity index (χ0v) is 15.0. The van der Waals surface area contributed by atoms with E-state index in [1.54, 1.807) is 4.57 Å². The van der Waals surface area contributed by atoms with Gasteiger partial charge in [0.2, 0.25) is 0 Å². The third kappa shape index (κ3) is 3.86. The van der Waals surface area contributed by atoms with E-state index in [9.17, 15) is 28.1 Å². The van der Waals surface area contributed by atoms with Crippen LogP contribution in [0.2, 0.25) is 0 Å². The van der Waals surface area contributed by atoms with Crippen LogP contribution in [-0.4, -0.2) is 15.4 Å². The lowest BCUT2D eigenvalue weighted by molar-refractivity contribution is -0.384. The first-order valence-corrected chi connectivity index (χ1v) is 8.67. The Morgan fingerprint density at radius 2 is 2.04 bits per heavy atom. The van der Waals surface area contributed by atoms with Gasteiger partial charge in [-0.15, -0.1) is 6.58 Å². The van der Waals surface area contributed by atoms with Crippen LogP contribution >= 0.6 is 11.3 Å². The van der Waals surface area contributed by atoms with Crippen molar-refractivity contribution in [2.75, 3.05) is 0 Å². The zero-order chi connectivity index (χ0) is 20.5. The smallest absolute Gasteiger partial charge is 0.312 e. The number of fused-ring (bicyclic) bond motifs is 1. The summed E-state index contributed by atoms with van der Waals surface area (Å²) in [7, 11) is 0. The maximum Gasteiger partial charge on any atom is 0.416 e. The number of hydrogen-bond donors (Lipinski definition) is 0. The maximum absolute atomic E-state index is 12.9. The van der Waals surface area contributed by atoms with Gasteiger partial charge in [-0.05, 0) is 24.3 Å². The highest BCUT2D eigenvalue weighted by molar-refractivity contribution is 7.16. The van der Waals surface area contributed by atoms with Crippen LogP contribution in [0, 0.1) is 10.1 Å². The Balaban J connectivity index is 2.13. The van der Waals surface area contributed by atoms with E-state index >= 15 is 0 Å². The molecule has 28 heavy (non-hydrogen) atoms. The number of hydrogen-bond acceptors (Lipinski definition) is 4. The normalized spacial score (nSPS) is 12.3. The van der Waals surface area contributed by atoms with Crippen LogP contribution in [0.25, 0.3) is 10.2 Å². The van der Waals surface area contributed by atoms with Gasteiger partial charge in [0.05, 0.1) is 20.7 Å². The fraction of sp³-hybridized carbons (Fsp3) is 0.111. The zero-order valence-electron chi connectivity index (χ0n) is 14.1. The Labute approximate surface area is 160 Å². The van der Waals surface area contributed by atoms with Gasteiger partial charge in [0, 0.05) is 24.2 Å². The third-order valence-corrected chi connectivity index (χ3v) is 4.88. The molecule has 2 aromatic carbocycles. The van der Waals surface area contributed by atoms with Crippen molar-refractivity contribution in [1.82, 2.24) is 4.57 Å². The van der Waals surface area contributed by atoms with Gasteiger partial charge in [-0.2, -0.15) is 18.2 Å². The predicted octanol–water partition coefficient (Wildman–Crippen LogP) is 4.56. The number of carbonyl (C=O) groups is 1. The number of nitro groups is 1. The van der Waals surface area contributed by atoms with E-state index < -0.39 is 22.6 Å². The molecule has 0 spiro atoms. The minimum atomic E-state index is -4.57. The van der Waals surface area contributed by atoms with Crippen LogP contribution in [0.15, 0.2) is 60.1 Å². The molecule has 0 aliphatic carbocycles. The highest BCUT2D eigenvalue weighted by Gasteiger charge is 2.30. The summed E-state index contributed by atoms with van der Waals surface area (Å²) in [6, 6.07) is 8.20. The first-order valence-electron chi connectivity index (χ1n) is 7.85. The lowest BCUT2D eigenvalue weighted by Crippen LogP contribution is -2.16. The lowest BCUT2D eigenvalue weighted by Gasteiger charge is -2.06. The summed E-state index contributed by atoms with van der Waals surface area (Å²) >= 11 is 1.10. The molecule has 0 aliphatic heterocycles. The molecule has 0 atom stereocenters. The van der Waals surface area contributed by atoms with E-state index in [0.717, 1.165) is 29.5 Å². The van der Waals surface area contributed by atoms with E-state index in [-0.39, 0.29) is 22.6 Å². The molecule has 1 aromatic heterocycles. The van der Waals surface area contributed by atoms with E-state index in [4.69, 9.17) is 0 Å². The molecule has 3 rings (SSSR count). The molecule has 0 N–H and O–H groups in total. The van der Waals surface area contributed by atoms with Gasteiger partial charge < -0.3 is 4.57 Å². The highest BCUT2D eigenvalue weighted by atomic mass is 32.1. The van der Waals surface area contributed by atoms with Gasteiger partial charge in [0.25, 0.3) is 11.6 Å². The van der Waals surface area contributed by atoms with Gasteiger partial charge in [-0.25, -0.2) is 0 Å². The van der Waals surface area contributed by atoms with Gasteiger partial charge in [0.15, 0.2) is 4.80 Å². The summed E-state index contributed by atoms with van der Waals surface area (Å²) < 4.78 is 40.8. The maximum atomic E-state index is 12.9. The molecular formula is C18H12F3N3O3S. The molecule has 0 saturated carbocycles. The monoisotopic (exact) mass is 407 g/mol. The lowest BCUT2D eigenvalue weighted by atomic mass is 10.1. The van der Waals surface area contributed by atoms with Crippen molar-refractivity contribution in [2.45, 2.75) is 12.7 Å². The second-order valence-corrected chi connectivity index (χ2v) is 6.70. The quantitative estimate of drug-likeness (QED) is 0.361. The van der Waals surface area contributed by atoms with E-state index in [0.29, 0.717) is 10.2 Å². The number of benzene rings is 2. The number of rotatable bonds is 4. The number of non-ortho nitro benzene ring substituents is 1. The van der Waals surface area contributed by atoms with Crippen molar-refractivity contribution in [2.24, 2.45) is 4.99 Å². The summed E-state index contributed by atoms with van der Waals surface area (Å²) in [5, 5.41) is 11.0. The number of aromatic nitrogens is 1. The van der Waals surface area contributed by atoms with Crippen LogP contribution in [-0.2, 0) is 12.7 Å². The number of amides is 1. The third-order valence-electron chi connectivity index (χ3n) is 3.82. The summed E-state index contributed by atoms with van der Waals surface area (Å²) in [5.74, 6) is -0.843. The minimum absolute atomic E-state index is 0.126. The molecule has 0 unspecified atom stereocenters. The van der Waals surface area contributed by atoms with Crippen molar-refractivity contribution < 1.29 is 22.9 Å². The summed E-state index contributed by atoms with van der Waals surface area (Å²) in [6.45, 7) is 3.83. The van der Waals surface area contributed by atoms with Crippen molar-refractivity contribution in [3.8, 4) is 0 Å². The van der Waals surface area contributed by atoms with Crippen molar-refractivity contribution in [3.05, 3.63) is 81.2 Å². The molecule has 6 nitrogen and oxygen atoms in total. The molecule has 0 aliphatic rings. The number of nitro benzene ring substituents is 1. The average Bonchev–Trinajstić information content (AvgIpc) is 2.98. The number of halogens is 3. The fourth-order valence-corrected chi connectivity index (χ4v) is 3.56. The molecule has 0 fully saturated rings. The highest BCUT2D eigenvalue weighted by Crippen LogP contribution is 2.29. The number of allylic oxidation sites excluding steroid dienone is 1. The molecule has 1 heterocycles. The van der Waals surface area contributed by atoms with Crippen LogP contribution in [0.1, 0.15) is 15.9 Å². The Morgan fingerprint density at radius 1 is 1.29 bits per heavy atom. The van der Waals surface area contributed by atoms with Crippen LogP contribution in [0.5, 0.6) is 0 Å². The molecule has 0 saturated heterocycles. The standard InChI is InChI=1S/C18H12F3N3O3S/c1-2-8-23-14-10-13(24(26)27)6-7-15(14)28-17(23)22-16(25)11-4-3-5-12(9-11)18(19,20)21/h2-7,9-10H,1,8H2. The van der Waals surface area contributed by atoms with Gasteiger partial charge in [0.1, 0.15) is 0 Å². The van der Waals surface area contributed by atoms with Crippen molar-refractivity contribution in [1.29, 1.82) is 0 Å². The molecule has 1 amide bonds. The topological polar surface area (TPSA) is 77.5 Å².